The first-order valence-corrected chi connectivity index (χ1v) is 6.84. The summed E-state index contributed by atoms with van der Waals surface area (Å²) in [5.41, 5.74) is 4.19. The second-order valence-electron chi connectivity index (χ2n) is 3.48. The Kier molecular flexibility index (Phi) is 6.83. The lowest BCUT2D eigenvalue weighted by Gasteiger charge is -2.21. The van der Waals surface area contributed by atoms with Crippen LogP contribution < -0.4 is 10.6 Å². The van der Waals surface area contributed by atoms with Crippen molar-refractivity contribution in [3.05, 3.63) is 29.8 Å². The van der Waals surface area contributed by atoms with Crippen LogP contribution in [0.4, 0.5) is 5.69 Å². The molecule has 1 aromatic carbocycles. The molecule has 1 rings (SSSR count). The van der Waals surface area contributed by atoms with Crippen LogP contribution in [-0.4, -0.2) is 24.6 Å². The van der Waals surface area contributed by atoms with Gasteiger partial charge < -0.3 is 0 Å². The van der Waals surface area contributed by atoms with Crippen LogP contribution in [0.1, 0.15) is 5.56 Å². The highest BCUT2D eigenvalue weighted by molar-refractivity contribution is 7.25. The summed E-state index contributed by atoms with van der Waals surface area (Å²) in [4.78, 5) is 16.8. The summed E-state index contributed by atoms with van der Waals surface area (Å²) >= 11 is 5.47. The zero-order valence-corrected chi connectivity index (χ0v) is 11.6. The molecule has 98 valence electrons. The first-order chi connectivity index (χ1) is 8.69. The molecule has 7 heteroatoms. The summed E-state index contributed by atoms with van der Waals surface area (Å²) in [7, 11) is -0.236. The Hall–Kier alpha value is -1.00. The standard InChI is InChI=1S/C11H14ClN2O3P/c1-9-2-4-10(5-3-9)14(11(15)8-18-16)13-17-7-6-12/h2-5,13H,6-8H2,1H3. The van der Waals surface area contributed by atoms with E-state index in [1.54, 1.807) is 12.1 Å². The molecular weight excluding hydrogens is 275 g/mol. The summed E-state index contributed by atoms with van der Waals surface area (Å²) in [5.74, 6) is -0.0481. The van der Waals surface area contributed by atoms with Crippen molar-refractivity contribution in [1.29, 1.82) is 0 Å². The molecule has 0 radical (unpaired) electrons. The Labute approximate surface area is 112 Å². The van der Waals surface area contributed by atoms with E-state index in [0.29, 0.717) is 11.6 Å². The van der Waals surface area contributed by atoms with E-state index in [4.69, 9.17) is 16.4 Å². The molecule has 0 aromatic heterocycles. The highest BCUT2D eigenvalue weighted by Crippen LogP contribution is 2.14. The van der Waals surface area contributed by atoms with Gasteiger partial charge in [0.25, 0.3) is 5.91 Å². The van der Waals surface area contributed by atoms with E-state index >= 15 is 0 Å². The van der Waals surface area contributed by atoms with E-state index < -0.39 is 0 Å². The first kappa shape index (κ1) is 15.1. The van der Waals surface area contributed by atoms with Gasteiger partial charge in [-0.15, -0.1) is 17.2 Å². The molecule has 0 heterocycles. The van der Waals surface area contributed by atoms with Gasteiger partial charge in [-0.3, -0.25) is 14.2 Å². The van der Waals surface area contributed by atoms with Crippen molar-refractivity contribution >= 4 is 31.7 Å². The van der Waals surface area contributed by atoms with Crippen molar-refractivity contribution in [2.75, 3.05) is 23.7 Å². The van der Waals surface area contributed by atoms with Crippen molar-refractivity contribution in [2.45, 2.75) is 6.92 Å². The van der Waals surface area contributed by atoms with Crippen LogP contribution >= 0.6 is 20.1 Å². The lowest BCUT2D eigenvalue weighted by molar-refractivity contribution is -0.119. The zero-order chi connectivity index (χ0) is 13.4. The lowest BCUT2D eigenvalue weighted by Crippen LogP contribution is -2.44. The second-order valence-corrected chi connectivity index (χ2v) is 4.43. The first-order valence-electron chi connectivity index (χ1n) is 5.31. The third-order valence-corrected chi connectivity index (χ3v) is 2.63. The maximum absolute atomic E-state index is 11.8. The van der Waals surface area contributed by atoms with E-state index in [9.17, 15) is 9.36 Å². The fraction of sp³-hybridized carbons (Fsp3) is 0.364. The number of hydrogen-bond donors (Lipinski definition) is 1. The van der Waals surface area contributed by atoms with Crippen LogP contribution in [0.5, 0.6) is 0 Å². The van der Waals surface area contributed by atoms with E-state index in [2.05, 4.69) is 5.59 Å². The summed E-state index contributed by atoms with van der Waals surface area (Å²) in [5, 5.41) is 1.21. The molecule has 0 saturated heterocycles. The quantitative estimate of drug-likeness (QED) is 0.362. The number of anilines is 1. The van der Waals surface area contributed by atoms with Crippen molar-refractivity contribution in [3.8, 4) is 0 Å². The number of nitrogens with zero attached hydrogens (tertiary/aromatic N) is 1. The molecule has 0 aliphatic carbocycles. The fourth-order valence-corrected chi connectivity index (χ4v) is 1.55. The Morgan fingerprint density at radius 3 is 2.67 bits per heavy atom. The number of amides is 1. The molecule has 18 heavy (non-hydrogen) atoms. The maximum atomic E-state index is 11.8. The van der Waals surface area contributed by atoms with Crippen LogP contribution in [-0.2, 0) is 14.2 Å². The van der Waals surface area contributed by atoms with Crippen molar-refractivity contribution in [2.24, 2.45) is 0 Å². The molecular formula is C11H14ClN2O3P. The number of carbonyl (C=O) groups excluding carboxylic acids is 1. The molecule has 1 amide bonds. The predicted octanol–water partition coefficient (Wildman–Crippen LogP) is 2.29. The highest BCUT2D eigenvalue weighted by Gasteiger charge is 2.15. The van der Waals surface area contributed by atoms with Gasteiger partial charge in [0.2, 0.25) is 0 Å². The number of aryl methyl sites for hydroxylation is 1. The smallest absolute Gasteiger partial charge is 0.254 e. The van der Waals surface area contributed by atoms with Gasteiger partial charge in [-0.1, -0.05) is 17.7 Å². The minimum Gasteiger partial charge on any atom is -0.280 e. The second kappa shape index (κ2) is 8.16. The normalized spacial score (nSPS) is 10.6. The van der Waals surface area contributed by atoms with Crippen molar-refractivity contribution in [3.63, 3.8) is 0 Å². The Morgan fingerprint density at radius 1 is 1.44 bits per heavy atom. The topological polar surface area (TPSA) is 58.6 Å². The molecule has 0 aliphatic heterocycles. The summed E-state index contributed by atoms with van der Waals surface area (Å²) in [6.07, 6.45) is -0.120. The van der Waals surface area contributed by atoms with Gasteiger partial charge in [-0.05, 0) is 19.1 Å². The number of alkyl halides is 1. The molecule has 1 N–H and O–H groups in total. The lowest BCUT2D eigenvalue weighted by atomic mass is 10.2. The minimum atomic E-state index is -0.356. The summed E-state index contributed by atoms with van der Waals surface area (Å²) in [6.45, 7) is 2.20. The zero-order valence-electron chi connectivity index (χ0n) is 9.93. The maximum Gasteiger partial charge on any atom is 0.254 e. The van der Waals surface area contributed by atoms with Gasteiger partial charge in [-0.2, -0.15) is 0 Å². The molecule has 0 spiro atoms. The van der Waals surface area contributed by atoms with Crippen molar-refractivity contribution in [1.82, 2.24) is 5.59 Å². The number of hydrogen-bond acceptors (Lipinski definition) is 4. The number of hydrazine groups is 1. The van der Waals surface area contributed by atoms with Crippen LogP contribution in [0.25, 0.3) is 0 Å². The molecule has 5 nitrogen and oxygen atoms in total. The Balaban J connectivity index is 2.78. The largest absolute Gasteiger partial charge is 0.280 e. The van der Waals surface area contributed by atoms with Gasteiger partial charge in [-0.25, -0.2) is 5.01 Å². The van der Waals surface area contributed by atoms with Gasteiger partial charge in [0.1, 0.15) is 6.16 Å². The third-order valence-electron chi connectivity index (χ3n) is 2.08. The van der Waals surface area contributed by atoms with Crippen LogP contribution in [0.15, 0.2) is 24.3 Å². The average Bonchev–Trinajstić information content (AvgIpc) is 2.36. The number of rotatable bonds is 7. The van der Waals surface area contributed by atoms with Gasteiger partial charge in [0, 0.05) is 5.88 Å². The Morgan fingerprint density at radius 2 is 2.11 bits per heavy atom. The monoisotopic (exact) mass is 288 g/mol. The van der Waals surface area contributed by atoms with Crippen LogP contribution in [0.3, 0.4) is 0 Å². The Bertz CT molecular complexity index is 400. The SMILES string of the molecule is Cc1ccc(N(NOCCCl)C(=O)CP=O)cc1. The van der Waals surface area contributed by atoms with Crippen LogP contribution in [0.2, 0.25) is 0 Å². The van der Waals surface area contributed by atoms with Gasteiger partial charge in [0.15, 0.2) is 8.46 Å². The van der Waals surface area contributed by atoms with Gasteiger partial charge >= 0.3 is 0 Å². The van der Waals surface area contributed by atoms with Gasteiger partial charge in [0.05, 0.1) is 12.3 Å². The highest BCUT2D eigenvalue weighted by atomic mass is 35.5. The van der Waals surface area contributed by atoms with E-state index in [1.807, 2.05) is 19.1 Å². The summed E-state index contributed by atoms with van der Waals surface area (Å²) < 4.78 is 10.5. The molecule has 0 unspecified atom stereocenters. The number of halogens is 1. The predicted molar refractivity (Wildman–Crippen MR) is 70.9 cm³/mol. The third kappa shape index (κ3) is 4.70. The number of benzene rings is 1. The van der Waals surface area contributed by atoms with E-state index in [-0.39, 0.29) is 27.1 Å². The van der Waals surface area contributed by atoms with E-state index in [1.165, 1.54) is 5.01 Å². The van der Waals surface area contributed by atoms with Crippen molar-refractivity contribution < 1.29 is 14.2 Å². The minimum absolute atomic E-state index is 0.120. The molecule has 1 aromatic rings. The fourth-order valence-electron chi connectivity index (χ4n) is 1.22. The van der Waals surface area contributed by atoms with E-state index in [0.717, 1.165) is 5.56 Å². The summed E-state index contributed by atoms with van der Waals surface area (Å²) in [6, 6.07) is 7.28. The molecule has 0 atom stereocenters. The number of nitrogens with one attached hydrogen (secondary N) is 1. The average molecular weight is 289 g/mol. The molecule has 0 aliphatic rings. The molecule has 0 fully saturated rings. The molecule has 0 saturated carbocycles. The van der Waals surface area contributed by atoms with Crippen LogP contribution in [0, 0.1) is 6.92 Å². The molecule has 0 bridgehead atoms. The number of carbonyl (C=O) groups is 1.